The fourth-order valence-corrected chi connectivity index (χ4v) is 2.42. The van der Waals surface area contributed by atoms with Gasteiger partial charge in [-0.15, -0.1) is 0 Å². The molecule has 1 aromatic carbocycles. The van der Waals surface area contributed by atoms with E-state index in [0.29, 0.717) is 17.7 Å². The van der Waals surface area contributed by atoms with Gasteiger partial charge >= 0.3 is 17.9 Å². The van der Waals surface area contributed by atoms with Crippen molar-refractivity contribution in [3.63, 3.8) is 0 Å². The normalized spacial score (nSPS) is 12.2. The van der Waals surface area contributed by atoms with Crippen molar-refractivity contribution in [2.75, 3.05) is 20.3 Å². The van der Waals surface area contributed by atoms with Crippen LogP contribution in [-0.2, 0) is 23.8 Å². The van der Waals surface area contributed by atoms with Crippen LogP contribution in [0, 0.1) is 5.92 Å². The molecule has 0 N–H and O–H groups in total. The molecule has 0 aromatic heterocycles. The standard InChI is InChI=1S/C20H27NO6/c1-5-8-9-16(19(23)26-6-2)17(20(24)27-7-3)21-15-12-10-14(11-13-15)18(22)25-4/h10-13,16H,5-9H2,1-4H3. The van der Waals surface area contributed by atoms with Gasteiger partial charge in [-0.05, 0) is 44.5 Å². The summed E-state index contributed by atoms with van der Waals surface area (Å²) in [6, 6.07) is 6.23. The molecule has 7 nitrogen and oxygen atoms in total. The number of hydrogen-bond acceptors (Lipinski definition) is 7. The quantitative estimate of drug-likeness (QED) is 0.352. The average molecular weight is 377 g/mol. The molecule has 0 aliphatic rings. The molecule has 148 valence electrons. The van der Waals surface area contributed by atoms with Crippen LogP contribution in [0.1, 0.15) is 50.4 Å². The van der Waals surface area contributed by atoms with Crippen molar-refractivity contribution in [2.45, 2.75) is 40.0 Å². The summed E-state index contributed by atoms with van der Waals surface area (Å²) in [5, 5.41) is 0. The number of rotatable bonds is 10. The second-order valence-electron chi connectivity index (χ2n) is 5.70. The van der Waals surface area contributed by atoms with Gasteiger partial charge in [0.25, 0.3) is 0 Å². The zero-order valence-electron chi connectivity index (χ0n) is 16.3. The van der Waals surface area contributed by atoms with Gasteiger partial charge in [-0.25, -0.2) is 14.6 Å². The summed E-state index contributed by atoms with van der Waals surface area (Å²) >= 11 is 0. The number of aliphatic imine (C=N–C) groups is 1. The maximum atomic E-state index is 12.4. The summed E-state index contributed by atoms with van der Waals surface area (Å²) in [4.78, 5) is 40.7. The maximum Gasteiger partial charge on any atom is 0.353 e. The molecule has 0 aliphatic heterocycles. The number of carbonyl (C=O) groups is 3. The Balaban J connectivity index is 3.26. The van der Waals surface area contributed by atoms with Crippen LogP contribution in [0.3, 0.4) is 0 Å². The lowest BCUT2D eigenvalue weighted by Crippen LogP contribution is -2.33. The van der Waals surface area contributed by atoms with Crippen LogP contribution in [0.2, 0.25) is 0 Å². The summed E-state index contributed by atoms with van der Waals surface area (Å²) in [7, 11) is 1.30. The number of methoxy groups -OCH3 is 1. The summed E-state index contributed by atoms with van der Waals surface area (Å²) in [6.07, 6.45) is 2.04. The van der Waals surface area contributed by atoms with Gasteiger partial charge in [-0.2, -0.15) is 0 Å². The van der Waals surface area contributed by atoms with Crippen LogP contribution in [0.15, 0.2) is 29.3 Å². The molecule has 0 spiro atoms. The van der Waals surface area contributed by atoms with Gasteiger partial charge < -0.3 is 14.2 Å². The Morgan fingerprint density at radius 3 is 2.15 bits per heavy atom. The highest BCUT2D eigenvalue weighted by Crippen LogP contribution is 2.20. The Hall–Kier alpha value is -2.70. The molecule has 1 unspecified atom stereocenters. The molecule has 0 heterocycles. The van der Waals surface area contributed by atoms with Crippen LogP contribution in [-0.4, -0.2) is 43.9 Å². The Morgan fingerprint density at radius 1 is 1.00 bits per heavy atom. The van der Waals surface area contributed by atoms with Gasteiger partial charge in [-0.3, -0.25) is 4.79 Å². The number of carbonyl (C=O) groups excluding carboxylic acids is 3. The van der Waals surface area contributed by atoms with E-state index in [1.807, 2.05) is 6.92 Å². The highest BCUT2D eigenvalue weighted by atomic mass is 16.5. The van der Waals surface area contributed by atoms with Crippen molar-refractivity contribution in [1.29, 1.82) is 0 Å². The van der Waals surface area contributed by atoms with Crippen molar-refractivity contribution in [1.82, 2.24) is 0 Å². The lowest BCUT2D eigenvalue weighted by atomic mass is 9.96. The molecule has 0 radical (unpaired) electrons. The molecule has 0 amide bonds. The summed E-state index contributed by atoms with van der Waals surface area (Å²) in [5.41, 5.74) is 0.799. The molecule has 0 fully saturated rings. The van der Waals surface area contributed by atoms with Crippen molar-refractivity contribution in [2.24, 2.45) is 10.9 Å². The number of hydrogen-bond donors (Lipinski definition) is 0. The molecule has 1 aromatic rings. The number of unbranched alkanes of at least 4 members (excludes halogenated alkanes) is 1. The van der Waals surface area contributed by atoms with Gasteiger partial charge in [0.2, 0.25) is 0 Å². The van der Waals surface area contributed by atoms with E-state index >= 15 is 0 Å². The molecule has 27 heavy (non-hydrogen) atoms. The molecule has 0 aliphatic carbocycles. The molecular weight excluding hydrogens is 350 g/mol. The molecule has 0 saturated heterocycles. The van der Waals surface area contributed by atoms with E-state index in [4.69, 9.17) is 9.47 Å². The number of esters is 3. The zero-order chi connectivity index (χ0) is 20.2. The first-order chi connectivity index (χ1) is 13.0. The first-order valence-electron chi connectivity index (χ1n) is 9.09. The first-order valence-corrected chi connectivity index (χ1v) is 9.09. The molecule has 7 heteroatoms. The van der Waals surface area contributed by atoms with E-state index in [1.54, 1.807) is 38.1 Å². The Bertz CT molecular complexity index is 666. The monoisotopic (exact) mass is 377 g/mol. The molecule has 0 bridgehead atoms. The summed E-state index contributed by atoms with van der Waals surface area (Å²) in [6.45, 7) is 5.77. The summed E-state index contributed by atoms with van der Waals surface area (Å²) < 4.78 is 14.9. The van der Waals surface area contributed by atoms with Crippen molar-refractivity contribution < 1.29 is 28.6 Å². The lowest BCUT2D eigenvalue weighted by molar-refractivity contribution is -0.147. The maximum absolute atomic E-state index is 12.4. The van der Waals surface area contributed by atoms with Crippen LogP contribution >= 0.6 is 0 Å². The molecular formula is C20H27NO6. The highest BCUT2D eigenvalue weighted by Gasteiger charge is 2.31. The molecule has 1 atom stereocenters. The van der Waals surface area contributed by atoms with E-state index in [1.165, 1.54) is 7.11 Å². The Kier molecular flexibility index (Phi) is 9.79. The van der Waals surface area contributed by atoms with Crippen LogP contribution < -0.4 is 0 Å². The van der Waals surface area contributed by atoms with E-state index < -0.39 is 23.8 Å². The van der Waals surface area contributed by atoms with Gasteiger partial charge in [0, 0.05) is 0 Å². The number of benzene rings is 1. The van der Waals surface area contributed by atoms with E-state index in [-0.39, 0.29) is 18.9 Å². The third kappa shape index (κ3) is 6.84. The zero-order valence-corrected chi connectivity index (χ0v) is 16.3. The minimum Gasteiger partial charge on any atom is -0.465 e. The van der Waals surface area contributed by atoms with Crippen molar-refractivity contribution in [3.05, 3.63) is 29.8 Å². The third-order valence-electron chi connectivity index (χ3n) is 3.77. The minimum absolute atomic E-state index is 0.00886. The number of nitrogens with zero attached hydrogens (tertiary/aromatic N) is 1. The fourth-order valence-electron chi connectivity index (χ4n) is 2.42. The predicted molar refractivity (Wildman–Crippen MR) is 101 cm³/mol. The highest BCUT2D eigenvalue weighted by molar-refractivity contribution is 6.41. The first kappa shape index (κ1) is 22.3. The van der Waals surface area contributed by atoms with Crippen LogP contribution in [0.5, 0.6) is 0 Å². The van der Waals surface area contributed by atoms with Gasteiger partial charge in [0.15, 0.2) is 0 Å². The van der Waals surface area contributed by atoms with Crippen molar-refractivity contribution >= 4 is 29.3 Å². The van der Waals surface area contributed by atoms with E-state index in [2.05, 4.69) is 9.73 Å². The largest absolute Gasteiger partial charge is 0.465 e. The predicted octanol–water partition coefficient (Wildman–Crippen LogP) is 3.48. The lowest BCUT2D eigenvalue weighted by Gasteiger charge is -2.17. The van der Waals surface area contributed by atoms with E-state index in [0.717, 1.165) is 12.8 Å². The Labute approximate surface area is 159 Å². The second kappa shape index (κ2) is 11.8. The van der Waals surface area contributed by atoms with Crippen molar-refractivity contribution in [3.8, 4) is 0 Å². The van der Waals surface area contributed by atoms with Gasteiger partial charge in [-0.1, -0.05) is 19.8 Å². The van der Waals surface area contributed by atoms with Gasteiger partial charge in [0.1, 0.15) is 11.6 Å². The second-order valence-corrected chi connectivity index (χ2v) is 5.70. The van der Waals surface area contributed by atoms with Gasteiger partial charge in [0.05, 0.1) is 31.6 Å². The topological polar surface area (TPSA) is 91.3 Å². The SMILES string of the molecule is CCCCC(C(=O)OCC)C(=Nc1ccc(C(=O)OC)cc1)C(=O)OCC. The molecule has 1 rings (SSSR count). The minimum atomic E-state index is -0.802. The van der Waals surface area contributed by atoms with E-state index in [9.17, 15) is 14.4 Å². The summed E-state index contributed by atoms with van der Waals surface area (Å²) in [5.74, 6) is -2.42. The fraction of sp³-hybridized carbons (Fsp3) is 0.500. The Morgan fingerprint density at radius 2 is 1.63 bits per heavy atom. The average Bonchev–Trinajstić information content (AvgIpc) is 2.67. The van der Waals surface area contributed by atoms with Crippen LogP contribution in [0.25, 0.3) is 0 Å². The number of ether oxygens (including phenoxy) is 3. The smallest absolute Gasteiger partial charge is 0.353 e. The van der Waals surface area contributed by atoms with Crippen LogP contribution in [0.4, 0.5) is 5.69 Å². The third-order valence-corrected chi connectivity index (χ3v) is 3.77. The molecule has 0 saturated carbocycles.